The third-order valence-corrected chi connectivity index (χ3v) is 6.81. The average Bonchev–Trinajstić information content (AvgIpc) is 2.30. The van der Waals surface area contributed by atoms with Crippen molar-refractivity contribution in [2.45, 2.75) is 9.88 Å². The second kappa shape index (κ2) is 10.3. The summed E-state index contributed by atoms with van der Waals surface area (Å²) in [6.07, 6.45) is 1.66. The van der Waals surface area contributed by atoms with Gasteiger partial charge >= 0.3 is 113 Å². The van der Waals surface area contributed by atoms with Gasteiger partial charge in [-0.05, 0) is 0 Å². The Hall–Kier alpha value is 0.549. The van der Waals surface area contributed by atoms with Gasteiger partial charge < -0.3 is 5.11 Å². The normalized spacial score (nSPS) is 9.32. The van der Waals surface area contributed by atoms with Gasteiger partial charge in [0.25, 0.3) is 0 Å². The van der Waals surface area contributed by atoms with E-state index in [4.69, 9.17) is 23.2 Å². The molecule has 0 N–H and O–H groups in total. The van der Waals surface area contributed by atoms with Crippen LogP contribution in [0.25, 0.3) is 0 Å². The van der Waals surface area contributed by atoms with E-state index in [-0.39, 0.29) is 35.3 Å². The summed E-state index contributed by atoms with van der Waals surface area (Å²) < 4.78 is 1.10. The van der Waals surface area contributed by atoms with Gasteiger partial charge in [0.05, 0.1) is 0 Å². The molecule has 0 unspecified atom stereocenters. The number of rotatable bonds is 1. The molecule has 1 heterocycles. The summed E-state index contributed by atoms with van der Waals surface area (Å²) in [6.45, 7) is 0. The molecule has 2 nitrogen and oxygen atoms in total. The minimum Gasteiger partial charge on any atom is -0.872 e. The van der Waals surface area contributed by atoms with Crippen LogP contribution < -0.4 is 38.4 Å². The van der Waals surface area contributed by atoms with Crippen molar-refractivity contribution >= 4 is 46.7 Å². The summed E-state index contributed by atoms with van der Waals surface area (Å²) in [6, 6.07) is 10.1. The van der Waals surface area contributed by atoms with Gasteiger partial charge in [-0.15, -0.1) is 5.75 Å². The van der Waals surface area contributed by atoms with Crippen molar-refractivity contribution < 1.29 is 34.7 Å². The van der Waals surface area contributed by atoms with Crippen LogP contribution >= 0.6 is 23.2 Å². The Bertz CT molecular complexity index is 497. The quantitative estimate of drug-likeness (QED) is 0.625. The van der Waals surface area contributed by atoms with Crippen molar-refractivity contribution in [3.8, 4) is 5.75 Å². The number of para-hydroxylation sites is 1. The van der Waals surface area contributed by atoms with Crippen LogP contribution in [0, 0.1) is 0 Å². The molecule has 0 aliphatic rings. The van der Waals surface area contributed by atoms with E-state index in [0.717, 1.165) is 8.73 Å². The van der Waals surface area contributed by atoms with Gasteiger partial charge in [0, 0.05) is 0 Å². The van der Waals surface area contributed by atoms with Crippen LogP contribution in [0.1, 0.15) is 0 Å². The van der Waals surface area contributed by atoms with E-state index in [2.05, 4.69) is 14.9 Å². The van der Waals surface area contributed by atoms with Crippen molar-refractivity contribution in [3.63, 3.8) is 0 Å². The zero-order valence-corrected chi connectivity index (χ0v) is 17.5. The molecule has 0 atom stereocenters. The summed E-state index contributed by atoms with van der Waals surface area (Å²) in [5.74, 6) is 0.0718. The van der Waals surface area contributed by atoms with Gasteiger partial charge in [0.1, 0.15) is 0 Å². The molecule has 2 rings (SSSR count). The summed E-state index contributed by atoms with van der Waals surface area (Å²) in [7, 11) is 0. The topological polar surface area (TPSA) is 36.0 Å². The molecule has 0 bridgehead atoms. The Labute approximate surface area is 153 Å². The van der Waals surface area contributed by atoms with Crippen LogP contribution in [0.5, 0.6) is 5.75 Å². The third-order valence-electron chi connectivity index (χ3n) is 2.02. The first-order valence-corrected chi connectivity index (χ1v) is 13.2. The Morgan fingerprint density at radius 2 is 1.68 bits per heavy atom. The van der Waals surface area contributed by atoms with E-state index in [1.54, 1.807) is 24.4 Å². The molecule has 95 valence electrons. The average molecular weight is 412 g/mol. The van der Waals surface area contributed by atoms with Gasteiger partial charge in [0.2, 0.25) is 0 Å². The first-order valence-electron chi connectivity index (χ1n) is 5.34. The van der Waals surface area contributed by atoms with Crippen LogP contribution in [-0.4, -0.2) is 24.7 Å². The maximum Gasteiger partial charge on any atom is 1.00 e. The zero-order chi connectivity index (χ0) is 13.5. The Morgan fingerprint density at radius 3 is 2.05 bits per heavy atom. The maximum atomic E-state index is 10.3. The van der Waals surface area contributed by atoms with E-state index in [0.29, 0.717) is 5.02 Å². The smallest absolute Gasteiger partial charge is 0.872 e. The van der Waals surface area contributed by atoms with Crippen molar-refractivity contribution in [1.82, 2.24) is 4.98 Å². The number of pyridine rings is 1. The molecular weight excluding hydrogens is 399 g/mol. The van der Waals surface area contributed by atoms with Gasteiger partial charge in [0.15, 0.2) is 0 Å². The van der Waals surface area contributed by atoms with Crippen LogP contribution in [0.4, 0.5) is 0 Å². The third kappa shape index (κ3) is 7.78. The first-order chi connectivity index (χ1) is 8.50. The van der Waals surface area contributed by atoms with Gasteiger partial charge in [-0.1, -0.05) is 30.3 Å². The van der Waals surface area contributed by atoms with Gasteiger partial charge in [-0.2, -0.15) is 0 Å². The number of benzene rings is 1. The van der Waals surface area contributed by atoms with Crippen molar-refractivity contribution in [2.75, 3.05) is 0 Å². The molecule has 0 fully saturated rings. The fraction of sp³-hybridized carbons (Fsp3) is 0.154. The van der Waals surface area contributed by atoms with E-state index in [1.165, 1.54) is 12.1 Å². The maximum absolute atomic E-state index is 10.3. The minimum atomic E-state index is -1.41. The number of aromatic nitrogens is 1. The van der Waals surface area contributed by atoms with E-state index >= 15 is 0 Å². The molecule has 0 aliphatic heterocycles. The van der Waals surface area contributed by atoms with Crippen LogP contribution in [0.2, 0.25) is 19.9 Å². The second-order valence-electron chi connectivity index (χ2n) is 3.80. The van der Waals surface area contributed by atoms with Crippen molar-refractivity contribution in [1.29, 1.82) is 0 Å². The molecule has 0 saturated heterocycles. The molecule has 2 aromatic rings. The Morgan fingerprint density at radius 1 is 1.11 bits per heavy atom. The van der Waals surface area contributed by atoms with E-state index < -0.39 is 19.8 Å². The van der Waals surface area contributed by atoms with E-state index in [1.807, 2.05) is 6.07 Å². The molecule has 6 heteroatoms. The standard InChI is InChI=1S/C6H6O.C5H2Cl2N.2CH3.Na.Sn/c7-6-4-2-1-3-5-6;6-4-1-5(7)3-8-2-4;;;;/h1-5,7H;1-2H;2*1H3;;/q;;;;+1;/p-1. The Balaban J connectivity index is 0.000000352. The summed E-state index contributed by atoms with van der Waals surface area (Å²) in [4.78, 5) is 8.68. The van der Waals surface area contributed by atoms with E-state index in [9.17, 15) is 5.11 Å². The fourth-order valence-electron chi connectivity index (χ4n) is 1.20. The first kappa shape index (κ1) is 19.5. The SMILES string of the molecule is [CH3][Sn]([CH3])[c]1ncc(Cl)cc1Cl.[Na+].[O-]c1ccccc1. The molecule has 1 aromatic carbocycles. The molecule has 0 aliphatic carbocycles. The summed E-state index contributed by atoms with van der Waals surface area (Å²) in [5, 5.41) is 11.6. The summed E-state index contributed by atoms with van der Waals surface area (Å²) in [5.41, 5.74) is 0. The predicted molar refractivity (Wildman–Crippen MR) is 77.3 cm³/mol. The monoisotopic (exact) mass is 412 g/mol. The van der Waals surface area contributed by atoms with Crippen molar-refractivity contribution in [3.05, 3.63) is 52.6 Å². The molecular formula is C13H13Cl2NNaOSn. The largest absolute Gasteiger partial charge is 1.00 e. The Kier molecular flexibility index (Phi) is 10.6. The fourth-order valence-corrected chi connectivity index (χ4v) is 5.34. The molecule has 0 amide bonds. The molecule has 0 spiro atoms. The number of hydrogen-bond acceptors (Lipinski definition) is 2. The van der Waals surface area contributed by atoms with Crippen molar-refractivity contribution in [2.24, 2.45) is 0 Å². The second-order valence-corrected chi connectivity index (χ2v) is 11.7. The molecule has 1 radical (unpaired) electrons. The molecule has 1 aromatic heterocycles. The molecule has 0 saturated carbocycles. The zero-order valence-electron chi connectivity index (χ0n) is 11.2. The molecule has 19 heavy (non-hydrogen) atoms. The van der Waals surface area contributed by atoms with Crippen LogP contribution in [0.3, 0.4) is 0 Å². The minimum absolute atomic E-state index is 0. The van der Waals surface area contributed by atoms with Crippen LogP contribution in [0.15, 0.2) is 42.6 Å². The van der Waals surface area contributed by atoms with Gasteiger partial charge in [-0.25, -0.2) is 0 Å². The van der Waals surface area contributed by atoms with Crippen LogP contribution in [-0.2, 0) is 0 Å². The summed E-state index contributed by atoms with van der Waals surface area (Å²) >= 11 is 10.2. The van der Waals surface area contributed by atoms with Gasteiger partial charge in [-0.3, -0.25) is 0 Å². The number of halogens is 2. The predicted octanol–water partition coefficient (Wildman–Crippen LogP) is 0.114. The number of hydrogen-bond donors (Lipinski definition) is 0. The number of nitrogens with zero attached hydrogens (tertiary/aromatic N) is 1.